The van der Waals surface area contributed by atoms with Crippen LogP contribution in [0.1, 0.15) is 12.8 Å². The number of rotatable bonds is 0. The lowest BCUT2D eigenvalue weighted by molar-refractivity contribution is -0.124. The Kier molecular flexibility index (Phi) is 0.768. The van der Waals surface area contributed by atoms with E-state index in [1.165, 1.54) is 12.8 Å². The van der Waals surface area contributed by atoms with Crippen LogP contribution in [-0.4, -0.2) is 5.78 Å². The molecule has 3 fully saturated rings. The van der Waals surface area contributed by atoms with Crippen molar-refractivity contribution in [3.63, 3.8) is 0 Å². The van der Waals surface area contributed by atoms with E-state index in [9.17, 15) is 4.79 Å². The molecule has 4 aliphatic rings. The van der Waals surface area contributed by atoms with Gasteiger partial charge in [-0.25, -0.2) is 0 Å². The van der Waals surface area contributed by atoms with E-state index < -0.39 is 0 Å². The Morgan fingerprint density at radius 3 is 2.92 bits per heavy atom. The van der Waals surface area contributed by atoms with E-state index in [-0.39, 0.29) is 0 Å². The first-order valence-corrected chi connectivity index (χ1v) is 5.08. The summed E-state index contributed by atoms with van der Waals surface area (Å²) in [5, 5.41) is 0. The Morgan fingerprint density at radius 2 is 2.00 bits per heavy atom. The Balaban J connectivity index is 1.88. The zero-order chi connectivity index (χ0) is 7.87. The summed E-state index contributed by atoms with van der Waals surface area (Å²) in [7, 11) is 0. The van der Waals surface area contributed by atoms with Crippen LogP contribution in [0.15, 0.2) is 12.2 Å². The molecule has 3 saturated carbocycles. The van der Waals surface area contributed by atoms with Crippen LogP contribution >= 0.6 is 0 Å². The van der Waals surface area contributed by atoms with Gasteiger partial charge in [-0.05, 0) is 36.5 Å². The summed E-state index contributed by atoms with van der Waals surface area (Å²) in [6.45, 7) is 0. The lowest BCUT2D eigenvalue weighted by Gasteiger charge is -2.09. The van der Waals surface area contributed by atoms with Gasteiger partial charge in [0, 0.05) is 11.8 Å². The third-order valence-corrected chi connectivity index (χ3v) is 4.39. The summed E-state index contributed by atoms with van der Waals surface area (Å²) >= 11 is 0. The molecule has 0 unspecified atom stereocenters. The maximum Gasteiger partial charge on any atom is 0.143 e. The molecule has 0 saturated heterocycles. The monoisotopic (exact) mass is 160 g/mol. The van der Waals surface area contributed by atoms with Gasteiger partial charge < -0.3 is 0 Å². The topological polar surface area (TPSA) is 17.1 Å². The lowest BCUT2D eigenvalue weighted by Crippen LogP contribution is -2.18. The van der Waals surface area contributed by atoms with Crippen molar-refractivity contribution < 1.29 is 4.79 Å². The quantitative estimate of drug-likeness (QED) is 0.492. The molecule has 1 heteroatoms. The van der Waals surface area contributed by atoms with Gasteiger partial charge in [0.2, 0.25) is 0 Å². The molecule has 0 radical (unpaired) electrons. The second-order valence-corrected chi connectivity index (χ2v) is 4.97. The molecule has 62 valence electrons. The zero-order valence-corrected chi connectivity index (χ0v) is 6.94. The van der Waals surface area contributed by atoms with Gasteiger partial charge in [-0.1, -0.05) is 12.2 Å². The summed E-state index contributed by atoms with van der Waals surface area (Å²) in [6, 6.07) is 0. The highest BCUT2D eigenvalue weighted by atomic mass is 16.1. The SMILES string of the molecule is O=C1[C@@H]2[C@@H]3C[C@@H]3[C@H]1C=C[C@@H]1C[C@H]21. The highest BCUT2D eigenvalue weighted by Crippen LogP contribution is 2.66. The van der Waals surface area contributed by atoms with Crippen molar-refractivity contribution in [3.8, 4) is 0 Å². The fourth-order valence-electron chi connectivity index (χ4n) is 3.60. The molecule has 6 atom stereocenters. The third kappa shape index (κ3) is 0.502. The fraction of sp³-hybridized carbons (Fsp3) is 0.727. The van der Waals surface area contributed by atoms with Gasteiger partial charge in [0.05, 0.1) is 0 Å². The highest BCUT2D eigenvalue weighted by Gasteiger charge is 2.65. The normalized spacial score (nSPS) is 63.8. The molecule has 4 aliphatic carbocycles. The smallest absolute Gasteiger partial charge is 0.143 e. The average Bonchev–Trinajstić information content (AvgIpc) is 2.87. The number of carbonyl (C=O) groups is 1. The van der Waals surface area contributed by atoms with Gasteiger partial charge in [-0.3, -0.25) is 4.79 Å². The minimum Gasteiger partial charge on any atom is -0.299 e. The lowest BCUT2D eigenvalue weighted by atomic mass is 9.93. The van der Waals surface area contributed by atoms with E-state index in [1.807, 2.05) is 0 Å². The Labute approximate surface area is 71.8 Å². The summed E-state index contributed by atoms with van der Waals surface area (Å²) in [4.78, 5) is 11.8. The van der Waals surface area contributed by atoms with E-state index >= 15 is 0 Å². The molecular weight excluding hydrogens is 148 g/mol. The number of hydrogen-bond donors (Lipinski definition) is 0. The molecule has 0 spiro atoms. The number of hydrogen-bond acceptors (Lipinski definition) is 1. The summed E-state index contributed by atoms with van der Waals surface area (Å²) in [5.74, 6) is 4.62. The Hall–Kier alpha value is -0.590. The first kappa shape index (κ1) is 5.95. The molecule has 1 nitrogen and oxygen atoms in total. The maximum absolute atomic E-state index is 11.8. The van der Waals surface area contributed by atoms with E-state index in [0.717, 1.165) is 23.7 Å². The maximum atomic E-state index is 11.8. The van der Waals surface area contributed by atoms with Crippen LogP contribution in [0.2, 0.25) is 0 Å². The van der Waals surface area contributed by atoms with Gasteiger partial charge in [0.25, 0.3) is 0 Å². The van der Waals surface area contributed by atoms with E-state index in [4.69, 9.17) is 0 Å². The molecule has 0 heterocycles. The van der Waals surface area contributed by atoms with E-state index in [2.05, 4.69) is 12.2 Å². The standard InChI is InChI=1S/C11H12O/c12-11-6-2-1-5-3-7(5)10(11)9-4-8(6)9/h1-2,5-10H,3-4H2/t5-,6-,7+,8-,9-,10+/m1/s1. The summed E-state index contributed by atoms with van der Waals surface area (Å²) in [6.07, 6.45) is 7.21. The summed E-state index contributed by atoms with van der Waals surface area (Å²) < 4.78 is 0. The molecule has 4 rings (SSSR count). The van der Waals surface area contributed by atoms with Crippen LogP contribution in [0.4, 0.5) is 0 Å². The number of ketones is 1. The van der Waals surface area contributed by atoms with E-state index in [0.29, 0.717) is 17.6 Å². The van der Waals surface area contributed by atoms with Crippen molar-refractivity contribution >= 4 is 5.78 Å². The first-order valence-electron chi connectivity index (χ1n) is 5.08. The molecule has 0 aliphatic heterocycles. The van der Waals surface area contributed by atoms with Gasteiger partial charge in [0.1, 0.15) is 5.78 Å². The number of Topliss-reactive ketones (excluding diaryl/α,β-unsaturated/α-hetero) is 1. The van der Waals surface area contributed by atoms with Crippen molar-refractivity contribution in [2.45, 2.75) is 12.8 Å². The van der Waals surface area contributed by atoms with Crippen molar-refractivity contribution in [2.75, 3.05) is 0 Å². The highest BCUT2D eigenvalue weighted by molar-refractivity contribution is 5.90. The van der Waals surface area contributed by atoms with Gasteiger partial charge in [0.15, 0.2) is 0 Å². The van der Waals surface area contributed by atoms with Crippen molar-refractivity contribution in [1.29, 1.82) is 0 Å². The van der Waals surface area contributed by atoms with Gasteiger partial charge >= 0.3 is 0 Å². The predicted octanol–water partition coefficient (Wildman–Crippen LogP) is 1.64. The molecule has 0 aromatic carbocycles. The van der Waals surface area contributed by atoms with Gasteiger partial charge in [-0.15, -0.1) is 0 Å². The number of fused-ring (bicyclic) bond motifs is 7. The Morgan fingerprint density at radius 1 is 1.08 bits per heavy atom. The van der Waals surface area contributed by atoms with Crippen LogP contribution in [0, 0.1) is 35.5 Å². The second-order valence-electron chi connectivity index (χ2n) is 4.97. The first-order chi connectivity index (χ1) is 5.86. The fourth-order valence-corrected chi connectivity index (χ4v) is 3.60. The third-order valence-electron chi connectivity index (χ3n) is 4.39. The van der Waals surface area contributed by atoms with Crippen LogP contribution in [0.3, 0.4) is 0 Å². The molecule has 12 heavy (non-hydrogen) atoms. The molecule has 0 N–H and O–H groups in total. The average molecular weight is 160 g/mol. The number of carbonyl (C=O) groups excluding carboxylic acids is 1. The predicted molar refractivity (Wildman–Crippen MR) is 44.3 cm³/mol. The van der Waals surface area contributed by atoms with Crippen molar-refractivity contribution in [3.05, 3.63) is 12.2 Å². The van der Waals surface area contributed by atoms with Crippen LogP contribution in [0.25, 0.3) is 0 Å². The molecule has 0 amide bonds. The molecule has 0 aromatic rings. The minimum absolute atomic E-state index is 0.354. The minimum atomic E-state index is 0.354. The van der Waals surface area contributed by atoms with Crippen molar-refractivity contribution in [2.24, 2.45) is 35.5 Å². The molecular formula is C11H12O. The van der Waals surface area contributed by atoms with Crippen molar-refractivity contribution in [1.82, 2.24) is 0 Å². The van der Waals surface area contributed by atoms with Crippen LogP contribution in [-0.2, 0) is 4.79 Å². The zero-order valence-electron chi connectivity index (χ0n) is 6.94. The Bertz CT molecular complexity index is 304. The van der Waals surface area contributed by atoms with E-state index in [1.54, 1.807) is 0 Å². The molecule has 0 aromatic heterocycles. The summed E-state index contributed by atoms with van der Waals surface area (Å²) in [5.41, 5.74) is 0. The number of allylic oxidation sites excluding steroid dienone is 2. The second kappa shape index (κ2) is 1.55. The van der Waals surface area contributed by atoms with Crippen LogP contribution < -0.4 is 0 Å². The van der Waals surface area contributed by atoms with Gasteiger partial charge in [-0.2, -0.15) is 0 Å². The molecule has 2 bridgehead atoms. The van der Waals surface area contributed by atoms with Crippen LogP contribution in [0.5, 0.6) is 0 Å². The largest absolute Gasteiger partial charge is 0.299 e.